The van der Waals surface area contributed by atoms with E-state index in [0.29, 0.717) is 18.0 Å². The molecule has 106 valence electrons. The third-order valence-electron chi connectivity index (χ3n) is 3.64. The number of amides is 1. The fourth-order valence-corrected chi connectivity index (χ4v) is 2.48. The maximum absolute atomic E-state index is 12.1. The standard InChI is InChI=1S/C16H26N2O/c1-5-13(6-2)15(17)10-18-16(19)14-8-11(3)7-12(4)9-14/h7-9,13,15H,5-6,10,17H2,1-4H3,(H,18,19). The van der Waals surface area contributed by atoms with E-state index in [1.165, 1.54) is 0 Å². The molecule has 1 rings (SSSR count). The molecular formula is C16H26N2O. The summed E-state index contributed by atoms with van der Waals surface area (Å²) in [7, 11) is 0. The normalized spacial score (nSPS) is 12.5. The van der Waals surface area contributed by atoms with Crippen LogP contribution in [0.5, 0.6) is 0 Å². The van der Waals surface area contributed by atoms with Crippen LogP contribution >= 0.6 is 0 Å². The summed E-state index contributed by atoms with van der Waals surface area (Å²) in [6, 6.07) is 5.91. The first-order valence-electron chi connectivity index (χ1n) is 7.10. The van der Waals surface area contributed by atoms with Crippen molar-refractivity contribution < 1.29 is 4.79 Å². The summed E-state index contributed by atoms with van der Waals surface area (Å²) in [6.45, 7) is 8.82. The molecule has 1 aromatic rings. The maximum Gasteiger partial charge on any atom is 0.251 e. The van der Waals surface area contributed by atoms with Gasteiger partial charge in [0.25, 0.3) is 5.91 Å². The Morgan fingerprint density at radius 3 is 2.16 bits per heavy atom. The number of nitrogens with one attached hydrogen (secondary N) is 1. The lowest BCUT2D eigenvalue weighted by atomic mass is 9.95. The van der Waals surface area contributed by atoms with E-state index >= 15 is 0 Å². The number of carbonyl (C=O) groups is 1. The molecule has 0 heterocycles. The van der Waals surface area contributed by atoms with Gasteiger partial charge in [0.1, 0.15) is 0 Å². The molecule has 3 N–H and O–H groups in total. The summed E-state index contributed by atoms with van der Waals surface area (Å²) in [5.74, 6) is 0.438. The molecule has 0 fully saturated rings. The zero-order valence-electron chi connectivity index (χ0n) is 12.5. The van der Waals surface area contributed by atoms with Crippen molar-refractivity contribution >= 4 is 5.91 Å². The fourth-order valence-electron chi connectivity index (χ4n) is 2.48. The Balaban J connectivity index is 2.60. The molecule has 1 amide bonds. The average molecular weight is 262 g/mol. The number of rotatable bonds is 6. The highest BCUT2D eigenvalue weighted by Gasteiger charge is 2.15. The second-order valence-electron chi connectivity index (χ2n) is 5.33. The van der Waals surface area contributed by atoms with Crippen LogP contribution in [0, 0.1) is 19.8 Å². The van der Waals surface area contributed by atoms with Gasteiger partial charge in [-0.1, -0.05) is 43.9 Å². The molecule has 0 bridgehead atoms. The van der Waals surface area contributed by atoms with Crippen LogP contribution in [-0.4, -0.2) is 18.5 Å². The Kier molecular flexibility index (Phi) is 6.03. The first kappa shape index (κ1) is 15.7. The molecule has 0 aliphatic carbocycles. The monoisotopic (exact) mass is 262 g/mol. The lowest BCUT2D eigenvalue weighted by Crippen LogP contribution is -2.41. The van der Waals surface area contributed by atoms with E-state index in [0.717, 1.165) is 24.0 Å². The van der Waals surface area contributed by atoms with Crippen LogP contribution in [0.1, 0.15) is 48.2 Å². The summed E-state index contributed by atoms with van der Waals surface area (Å²) in [5.41, 5.74) is 9.04. The fraction of sp³-hybridized carbons (Fsp3) is 0.562. The Labute approximate surface area is 116 Å². The Morgan fingerprint density at radius 2 is 1.68 bits per heavy atom. The van der Waals surface area contributed by atoms with E-state index in [2.05, 4.69) is 25.2 Å². The molecule has 19 heavy (non-hydrogen) atoms. The van der Waals surface area contributed by atoms with Crippen molar-refractivity contribution in [1.29, 1.82) is 0 Å². The van der Waals surface area contributed by atoms with Crippen molar-refractivity contribution in [3.05, 3.63) is 34.9 Å². The van der Waals surface area contributed by atoms with E-state index in [-0.39, 0.29) is 11.9 Å². The van der Waals surface area contributed by atoms with Gasteiger partial charge < -0.3 is 11.1 Å². The first-order chi connectivity index (χ1) is 8.97. The smallest absolute Gasteiger partial charge is 0.251 e. The Bertz CT molecular complexity index is 405. The zero-order valence-corrected chi connectivity index (χ0v) is 12.5. The van der Waals surface area contributed by atoms with Crippen molar-refractivity contribution in [2.45, 2.75) is 46.6 Å². The van der Waals surface area contributed by atoms with Gasteiger partial charge in [-0.15, -0.1) is 0 Å². The zero-order chi connectivity index (χ0) is 14.4. The predicted molar refractivity (Wildman–Crippen MR) is 80.3 cm³/mol. The van der Waals surface area contributed by atoms with Crippen LogP contribution in [0.3, 0.4) is 0 Å². The summed E-state index contributed by atoms with van der Waals surface area (Å²) in [5, 5.41) is 2.94. The van der Waals surface area contributed by atoms with E-state index in [1.807, 2.05) is 26.0 Å². The minimum atomic E-state index is -0.0341. The van der Waals surface area contributed by atoms with Crippen LogP contribution in [0.4, 0.5) is 0 Å². The van der Waals surface area contributed by atoms with Crippen LogP contribution in [-0.2, 0) is 0 Å². The van der Waals surface area contributed by atoms with Crippen molar-refractivity contribution in [1.82, 2.24) is 5.32 Å². The number of nitrogens with two attached hydrogens (primary N) is 1. The molecular weight excluding hydrogens is 236 g/mol. The highest BCUT2D eigenvalue weighted by molar-refractivity contribution is 5.94. The molecule has 1 atom stereocenters. The van der Waals surface area contributed by atoms with Crippen molar-refractivity contribution in [2.24, 2.45) is 11.7 Å². The molecule has 0 aliphatic rings. The maximum atomic E-state index is 12.1. The highest BCUT2D eigenvalue weighted by Crippen LogP contribution is 2.11. The van der Waals surface area contributed by atoms with Gasteiger partial charge in [-0.2, -0.15) is 0 Å². The van der Waals surface area contributed by atoms with Gasteiger partial charge in [0.15, 0.2) is 0 Å². The number of hydrogen-bond donors (Lipinski definition) is 2. The van der Waals surface area contributed by atoms with Crippen molar-refractivity contribution in [3.63, 3.8) is 0 Å². The predicted octanol–water partition coefficient (Wildman–Crippen LogP) is 2.80. The van der Waals surface area contributed by atoms with Crippen LogP contribution in [0.2, 0.25) is 0 Å². The number of aryl methyl sites for hydroxylation is 2. The summed E-state index contributed by atoms with van der Waals surface area (Å²) in [4.78, 5) is 12.1. The van der Waals surface area contributed by atoms with E-state index in [4.69, 9.17) is 5.73 Å². The van der Waals surface area contributed by atoms with Gasteiger partial charge in [0, 0.05) is 18.2 Å². The molecule has 0 aliphatic heterocycles. The number of carbonyl (C=O) groups excluding carboxylic acids is 1. The van der Waals surface area contributed by atoms with Gasteiger partial charge in [-0.3, -0.25) is 4.79 Å². The molecule has 1 aromatic carbocycles. The van der Waals surface area contributed by atoms with Gasteiger partial charge in [-0.05, 0) is 31.9 Å². The van der Waals surface area contributed by atoms with E-state index < -0.39 is 0 Å². The minimum absolute atomic E-state index is 0.0323. The molecule has 0 saturated carbocycles. The molecule has 3 nitrogen and oxygen atoms in total. The van der Waals surface area contributed by atoms with Gasteiger partial charge in [-0.25, -0.2) is 0 Å². The van der Waals surface area contributed by atoms with Crippen molar-refractivity contribution in [3.8, 4) is 0 Å². The summed E-state index contributed by atoms with van der Waals surface area (Å²) in [6.07, 6.45) is 2.11. The third-order valence-corrected chi connectivity index (χ3v) is 3.64. The molecule has 3 heteroatoms. The van der Waals surface area contributed by atoms with Crippen molar-refractivity contribution in [2.75, 3.05) is 6.54 Å². The van der Waals surface area contributed by atoms with Gasteiger partial charge in [0.05, 0.1) is 0 Å². The van der Waals surface area contributed by atoms with E-state index in [9.17, 15) is 4.79 Å². The quantitative estimate of drug-likeness (QED) is 0.828. The summed E-state index contributed by atoms with van der Waals surface area (Å²) >= 11 is 0. The SMILES string of the molecule is CCC(CC)C(N)CNC(=O)c1cc(C)cc(C)c1. The van der Waals surface area contributed by atoms with Crippen LogP contribution < -0.4 is 11.1 Å². The number of benzene rings is 1. The van der Waals surface area contributed by atoms with Crippen LogP contribution in [0.15, 0.2) is 18.2 Å². The number of hydrogen-bond acceptors (Lipinski definition) is 2. The lowest BCUT2D eigenvalue weighted by molar-refractivity contribution is 0.0947. The molecule has 1 unspecified atom stereocenters. The molecule has 0 aromatic heterocycles. The van der Waals surface area contributed by atoms with Gasteiger partial charge >= 0.3 is 0 Å². The largest absolute Gasteiger partial charge is 0.350 e. The van der Waals surface area contributed by atoms with E-state index in [1.54, 1.807) is 0 Å². The van der Waals surface area contributed by atoms with Crippen LogP contribution in [0.25, 0.3) is 0 Å². The minimum Gasteiger partial charge on any atom is -0.350 e. The molecule has 0 radical (unpaired) electrons. The molecule has 0 saturated heterocycles. The van der Waals surface area contributed by atoms with Gasteiger partial charge in [0.2, 0.25) is 0 Å². The third kappa shape index (κ3) is 4.67. The Morgan fingerprint density at radius 1 is 1.16 bits per heavy atom. The second-order valence-corrected chi connectivity index (χ2v) is 5.33. The Hall–Kier alpha value is -1.35. The summed E-state index contributed by atoms with van der Waals surface area (Å²) < 4.78 is 0. The lowest BCUT2D eigenvalue weighted by Gasteiger charge is -2.21. The topological polar surface area (TPSA) is 55.1 Å². The average Bonchev–Trinajstić information content (AvgIpc) is 2.36. The first-order valence-corrected chi connectivity index (χ1v) is 7.10. The molecule has 0 spiro atoms. The highest BCUT2D eigenvalue weighted by atomic mass is 16.1. The second kappa shape index (κ2) is 7.29.